The Bertz CT molecular complexity index is 1350. The molecule has 0 fully saturated rings. The lowest BCUT2D eigenvalue weighted by Gasteiger charge is -2.22. The van der Waals surface area contributed by atoms with Crippen LogP contribution in [0.1, 0.15) is 24.5 Å². The van der Waals surface area contributed by atoms with Crippen LogP contribution < -0.4 is 4.90 Å². The van der Waals surface area contributed by atoms with E-state index in [1.165, 1.54) is 27.8 Å². The molecule has 178 valence electrons. The highest BCUT2D eigenvalue weighted by molar-refractivity contribution is 8.00. The first kappa shape index (κ1) is 23.7. The zero-order valence-corrected chi connectivity index (χ0v) is 21.8. The van der Waals surface area contributed by atoms with Gasteiger partial charge in [-0.2, -0.15) is 0 Å². The third kappa shape index (κ3) is 5.02. The van der Waals surface area contributed by atoms with Gasteiger partial charge in [-0.05, 0) is 55.7 Å². The maximum absolute atomic E-state index is 13.5. The van der Waals surface area contributed by atoms with Crippen LogP contribution in [0.4, 0.5) is 5.69 Å². The lowest BCUT2D eigenvalue weighted by atomic mass is 10.1. The number of nitrogens with zero attached hydrogens (tertiary/aromatic N) is 4. The number of fused-ring (bicyclic) bond motifs is 1. The Morgan fingerprint density at radius 3 is 2.57 bits per heavy atom. The Kier molecular flexibility index (Phi) is 6.97. The predicted molar refractivity (Wildman–Crippen MR) is 146 cm³/mol. The van der Waals surface area contributed by atoms with Crippen LogP contribution in [0.3, 0.4) is 0 Å². The highest BCUT2D eigenvalue weighted by atomic mass is 32.2. The summed E-state index contributed by atoms with van der Waals surface area (Å²) in [5, 5.41) is 10.2. The summed E-state index contributed by atoms with van der Waals surface area (Å²) in [6.07, 6.45) is 0.965. The summed E-state index contributed by atoms with van der Waals surface area (Å²) in [6, 6.07) is 24.6. The Labute approximate surface area is 215 Å². The number of anilines is 1. The number of carbonyl (C=O) groups excluding carboxylic acids is 1. The minimum Gasteiger partial charge on any atom is -0.311 e. The van der Waals surface area contributed by atoms with Gasteiger partial charge in [-0.3, -0.25) is 9.36 Å². The van der Waals surface area contributed by atoms with Crippen molar-refractivity contribution >= 4 is 35.1 Å². The number of carbonyl (C=O) groups is 1. The van der Waals surface area contributed by atoms with Gasteiger partial charge < -0.3 is 4.90 Å². The largest absolute Gasteiger partial charge is 0.311 e. The van der Waals surface area contributed by atoms with Crippen LogP contribution in [0.25, 0.3) is 17.1 Å². The van der Waals surface area contributed by atoms with Gasteiger partial charge in [-0.25, -0.2) is 0 Å². The van der Waals surface area contributed by atoms with Crippen LogP contribution in [0.5, 0.6) is 0 Å². The first-order valence-corrected chi connectivity index (χ1v) is 13.6. The van der Waals surface area contributed by atoms with E-state index in [1.807, 2.05) is 65.2 Å². The van der Waals surface area contributed by atoms with E-state index in [-0.39, 0.29) is 5.91 Å². The van der Waals surface area contributed by atoms with Crippen molar-refractivity contribution in [1.29, 1.82) is 0 Å². The molecule has 1 amide bonds. The van der Waals surface area contributed by atoms with E-state index in [0.717, 1.165) is 35.7 Å². The SMILES string of the molecule is Cc1ccc(-n2c(SCC(=O)N3CCC(C)Sc4ccccc43)nnc2-c2ccccc2)cc1C. The molecule has 0 saturated heterocycles. The lowest BCUT2D eigenvalue weighted by Crippen LogP contribution is -2.33. The third-order valence-corrected chi connectivity index (χ3v) is 8.43. The molecule has 4 aromatic rings. The number of aromatic nitrogens is 3. The normalized spacial score (nSPS) is 15.5. The predicted octanol–water partition coefficient (Wildman–Crippen LogP) is 6.56. The molecule has 7 heteroatoms. The smallest absolute Gasteiger partial charge is 0.237 e. The van der Waals surface area contributed by atoms with Gasteiger partial charge in [0, 0.05) is 22.3 Å². The van der Waals surface area contributed by atoms with Gasteiger partial charge in [-0.15, -0.1) is 22.0 Å². The topological polar surface area (TPSA) is 51.0 Å². The number of benzene rings is 3. The molecular formula is C28H28N4OS2. The average Bonchev–Trinajstić information content (AvgIpc) is 3.21. The Balaban J connectivity index is 1.45. The van der Waals surface area contributed by atoms with E-state index < -0.39 is 0 Å². The third-order valence-electron chi connectivity index (χ3n) is 6.28. The highest BCUT2D eigenvalue weighted by Crippen LogP contribution is 2.38. The van der Waals surface area contributed by atoms with Crippen molar-refractivity contribution in [3.8, 4) is 17.1 Å². The van der Waals surface area contributed by atoms with Crippen molar-refractivity contribution in [2.75, 3.05) is 17.2 Å². The zero-order chi connectivity index (χ0) is 24.4. The first-order valence-electron chi connectivity index (χ1n) is 11.8. The monoisotopic (exact) mass is 500 g/mol. The summed E-state index contributed by atoms with van der Waals surface area (Å²) in [6.45, 7) is 7.17. The van der Waals surface area contributed by atoms with Crippen LogP contribution in [0, 0.1) is 13.8 Å². The molecule has 2 heterocycles. The van der Waals surface area contributed by atoms with E-state index in [9.17, 15) is 4.79 Å². The van der Waals surface area contributed by atoms with Crippen molar-refractivity contribution < 1.29 is 4.79 Å². The van der Waals surface area contributed by atoms with Gasteiger partial charge in [0.1, 0.15) is 0 Å². The molecule has 3 aromatic carbocycles. The van der Waals surface area contributed by atoms with Crippen molar-refractivity contribution in [2.45, 2.75) is 42.5 Å². The second-order valence-corrected chi connectivity index (χ2v) is 11.2. The Morgan fingerprint density at radius 2 is 1.77 bits per heavy atom. The van der Waals surface area contributed by atoms with Crippen LogP contribution in [0.15, 0.2) is 82.8 Å². The molecule has 5 rings (SSSR count). The van der Waals surface area contributed by atoms with E-state index in [2.05, 4.69) is 59.8 Å². The van der Waals surface area contributed by atoms with Gasteiger partial charge in [-0.1, -0.05) is 67.2 Å². The summed E-state index contributed by atoms with van der Waals surface area (Å²) in [5.74, 6) is 1.16. The molecule has 0 N–H and O–H groups in total. The number of hydrogen-bond acceptors (Lipinski definition) is 5. The molecule has 1 aliphatic rings. The van der Waals surface area contributed by atoms with E-state index in [4.69, 9.17) is 0 Å². The quantitative estimate of drug-likeness (QED) is 0.291. The molecule has 1 aromatic heterocycles. The van der Waals surface area contributed by atoms with Crippen molar-refractivity contribution in [3.63, 3.8) is 0 Å². The first-order chi connectivity index (χ1) is 17.0. The van der Waals surface area contributed by atoms with Gasteiger partial charge in [0.2, 0.25) is 5.91 Å². The maximum atomic E-state index is 13.5. The number of para-hydroxylation sites is 1. The molecule has 1 aliphatic heterocycles. The summed E-state index contributed by atoms with van der Waals surface area (Å²) in [5.41, 5.74) is 5.43. The maximum Gasteiger partial charge on any atom is 0.237 e. The number of amides is 1. The summed E-state index contributed by atoms with van der Waals surface area (Å²) < 4.78 is 2.06. The molecule has 0 saturated carbocycles. The fourth-order valence-corrected chi connectivity index (χ4v) is 6.13. The van der Waals surface area contributed by atoms with E-state index in [1.54, 1.807) is 0 Å². The van der Waals surface area contributed by atoms with Crippen LogP contribution >= 0.6 is 23.5 Å². The highest BCUT2D eigenvalue weighted by Gasteiger charge is 2.25. The van der Waals surface area contributed by atoms with Crippen LogP contribution in [0.2, 0.25) is 0 Å². The van der Waals surface area contributed by atoms with Gasteiger partial charge >= 0.3 is 0 Å². The minimum absolute atomic E-state index is 0.0908. The minimum atomic E-state index is 0.0908. The number of aryl methyl sites for hydroxylation is 2. The molecule has 1 atom stereocenters. The number of rotatable bonds is 5. The molecule has 35 heavy (non-hydrogen) atoms. The number of thioether (sulfide) groups is 2. The molecular weight excluding hydrogens is 472 g/mol. The number of hydrogen-bond donors (Lipinski definition) is 0. The van der Waals surface area contributed by atoms with Gasteiger partial charge in [0.15, 0.2) is 11.0 Å². The second-order valence-electron chi connectivity index (χ2n) is 8.80. The molecule has 5 nitrogen and oxygen atoms in total. The molecule has 0 spiro atoms. The second kappa shape index (κ2) is 10.3. The van der Waals surface area contributed by atoms with Crippen LogP contribution in [-0.4, -0.2) is 38.2 Å². The molecule has 0 radical (unpaired) electrons. The van der Waals surface area contributed by atoms with Gasteiger partial charge in [0.05, 0.1) is 17.1 Å². The fourth-order valence-electron chi connectivity index (χ4n) is 4.19. The molecule has 0 aliphatic carbocycles. The average molecular weight is 501 g/mol. The molecule has 1 unspecified atom stereocenters. The van der Waals surface area contributed by atoms with Crippen molar-refractivity contribution in [1.82, 2.24) is 14.8 Å². The summed E-state index contributed by atoms with van der Waals surface area (Å²) >= 11 is 3.29. The fraction of sp³-hybridized carbons (Fsp3) is 0.250. The Morgan fingerprint density at radius 1 is 1.00 bits per heavy atom. The van der Waals surface area contributed by atoms with E-state index >= 15 is 0 Å². The molecule has 0 bridgehead atoms. The van der Waals surface area contributed by atoms with Crippen molar-refractivity contribution in [3.05, 3.63) is 83.9 Å². The zero-order valence-electron chi connectivity index (χ0n) is 20.1. The van der Waals surface area contributed by atoms with Crippen molar-refractivity contribution in [2.24, 2.45) is 0 Å². The van der Waals surface area contributed by atoms with Crippen LogP contribution in [-0.2, 0) is 4.79 Å². The standard InChI is InChI=1S/C28H28N4OS2/c1-19-13-14-23(17-20(19)2)32-27(22-9-5-4-6-10-22)29-30-28(32)34-18-26(33)31-16-15-21(3)35-25-12-8-7-11-24(25)31/h4-14,17,21H,15-16,18H2,1-3H3. The summed E-state index contributed by atoms with van der Waals surface area (Å²) in [7, 11) is 0. The summed E-state index contributed by atoms with van der Waals surface area (Å²) in [4.78, 5) is 16.6. The van der Waals surface area contributed by atoms with E-state index in [0.29, 0.717) is 16.2 Å². The van der Waals surface area contributed by atoms with Gasteiger partial charge in [0.25, 0.3) is 0 Å². The lowest BCUT2D eigenvalue weighted by molar-refractivity contribution is -0.116. The Hall–Kier alpha value is -3.03.